The third-order valence-corrected chi connectivity index (χ3v) is 7.73. The van der Waals surface area contributed by atoms with Crippen LogP contribution in [0.2, 0.25) is 0 Å². The highest BCUT2D eigenvalue weighted by atomic mass is 35.5. The summed E-state index contributed by atoms with van der Waals surface area (Å²) in [5.74, 6) is 0.686. The van der Waals surface area contributed by atoms with Crippen LogP contribution < -0.4 is 15.3 Å². The molecule has 3 N–H and O–H groups in total. The fourth-order valence-electron chi connectivity index (χ4n) is 4.76. The Bertz CT molecular complexity index is 1810. The predicted octanol–water partition coefficient (Wildman–Crippen LogP) is 4.79. The molecule has 3 aromatic carbocycles. The van der Waals surface area contributed by atoms with Crippen LogP contribution in [0.25, 0.3) is 16.6 Å². The summed E-state index contributed by atoms with van der Waals surface area (Å²) in [5.41, 5.74) is 9.98. The van der Waals surface area contributed by atoms with Crippen LogP contribution in [0.3, 0.4) is 0 Å². The number of para-hydroxylation sites is 1. The molecule has 0 spiro atoms. The highest BCUT2D eigenvalue weighted by Gasteiger charge is 2.17. The van der Waals surface area contributed by atoms with Crippen molar-refractivity contribution >= 4 is 45.2 Å². The number of hydrogen-bond acceptors (Lipinski definition) is 8. The molecule has 41 heavy (non-hydrogen) atoms. The molecule has 0 radical (unpaired) electrons. The molecule has 0 fully saturated rings. The Kier molecular flexibility index (Phi) is 8.29. The first-order valence-corrected chi connectivity index (χ1v) is 14.5. The monoisotopic (exact) mass is 589 g/mol. The number of fused-ring (bicyclic) bond motifs is 2. The molecule has 2 heterocycles. The lowest BCUT2D eigenvalue weighted by Gasteiger charge is -2.20. The first-order valence-electron chi connectivity index (χ1n) is 12.9. The molecule has 0 aliphatic heterocycles. The second-order valence-corrected chi connectivity index (χ2v) is 11.1. The van der Waals surface area contributed by atoms with Gasteiger partial charge in [0.2, 0.25) is 10.0 Å². The van der Waals surface area contributed by atoms with Gasteiger partial charge in [-0.05, 0) is 91.4 Å². The van der Waals surface area contributed by atoms with Crippen molar-refractivity contribution in [1.29, 1.82) is 0 Å². The van der Waals surface area contributed by atoms with E-state index in [-0.39, 0.29) is 23.9 Å². The van der Waals surface area contributed by atoms with E-state index in [1.165, 1.54) is 29.8 Å². The van der Waals surface area contributed by atoms with Crippen molar-refractivity contribution in [2.24, 2.45) is 10.2 Å². The summed E-state index contributed by atoms with van der Waals surface area (Å²) in [5, 5.41) is 19.0. The summed E-state index contributed by atoms with van der Waals surface area (Å²) in [6.07, 6.45) is 7.87. The van der Waals surface area contributed by atoms with Crippen molar-refractivity contribution in [2.45, 2.75) is 37.2 Å². The molecule has 2 aromatic heterocycles. The number of sulfonamides is 1. The number of ether oxygens (including phenoxy) is 1. The topological polar surface area (TPSA) is 137 Å². The normalized spacial score (nSPS) is 13.1. The molecule has 12 heteroatoms. The molecule has 1 aliphatic carbocycles. The summed E-state index contributed by atoms with van der Waals surface area (Å²) >= 11 is 0. The number of nitrogens with zero attached hydrogens (tertiary/aromatic N) is 5. The minimum atomic E-state index is -3.75. The number of hydrazone groups is 1. The van der Waals surface area contributed by atoms with Gasteiger partial charge in [-0.25, -0.2) is 18.2 Å². The van der Waals surface area contributed by atoms with E-state index in [9.17, 15) is 8.42 Å². The van der Waals surface area contributed by atoms with Gasteiger partial charge in [0.15, 0.2) is 0 Å². The highest BCUT2D eigenvalue weighted by molar-refractivity contribution is 7.89. The number of aryl methyl sites for hydroxylation is 1. The van der Waals surface area contributed by atoms with E-state index in [0.717, 1.165) is 41.4 Å². The maximum Gasteiger partial charge on any atom is 0.238 e. The largest absolute Gasteiger partial charge is 0.487 e. The van der Waals surface area contributed by atoms with Gasteiger partial charge in [-0.2, -0.15) is 5.10 Å². The number of nitrogens with one attached hydrogen (secondary N) is 1. The lowest BCUT2D eigenvalue weighted by Crippen LogP contribution is -2.12. The molecular weight excluding hydrogens is 562 g/mol. The Morgan fingerprint density at radius 3 is 2.54 bits per heavy atom. The van der Waals surface area contributed by atoms with E-state index in [2.05, 4.69) is 26.9 Å². The minimum Gasteiger partial charge on any atom is -0.487 e. The van der Waals surface area contributed by atoms with E-state index in [1.807, 2.05) is 42.5 Å². The average Bonchev–Trinajstić information content (AvgIpc) is 3.45. The number of anilines is 1. The number of rotatable bonds is 8. The molecule has 0 saturated heterocycles. The van der Waals surface area contributed by atoms with Crippen LogP contribution in [0, 0.1) is 0 Å². The minimum absolute atomic E-state index is 0. The predicted molar refractivity (Wildman–Crippen MR) is 160 cm³/mol. The zero-order valence-corrected chi connectivity index (χ0v) is 23.6. The van der Waals surface area contributed by atoms with Gasteiger partial charge in [-0.1, -0.05) is 23.4 Å². The van der Waals surface area contributed by atoms with E-state index in [1.54, 1.807) is 29.2 Å². The van der Waals surface area contributed by atoms with Crippen molar-refractivity contribution in [2.75, 3.05) is 5.43 Å². The standard InChI is InChI=1S/C29H27N7O3S.ClH/c30-40(37,38)24-15-11-22(12-16-24)36-18-21(33-35-36)19-39-23-13-9-20(10-14-23)17-31-34-29-25-5-1-3-7-27(25)32-28-8-4-2-6-26(28)29;/h1,3,5,7,9-18H,2,4,6,8,19H2,(H,32,34)(H2,30,37,38);1H/b31-17+;. The summed E-state index contributed by atoms with van der Waals surface area (Å²) in [7, 11) is -3.75. The molecule has 0 amide bonds. The molecular formula is C29H28ClN7O3S. The van der Waals surface area contributed by atoms with Crippen molar-refractivity contribution in [3.05, 3.63) is 102 Å². The van der Waals surface area contributed by atoms with Gasteiger partial charge in [0.25, 0.3) is 0 Å². The Labute approximate surface area is 243 Å². The molecule has 0 unspecified atom stereocenters. The van der Waals surface area contributed by atoms with Crippen molar-refractivity contribution in [3.8, 4) is 11.4 Å². The zero-order valence-electron chi connectivity index (χ0n) is 22.0. The third-order valence-electron chi connectivity index (χ3n) is 6.80. The Morgan fingerprint density at radius 2 is 1.76 bits per heavy atom. The molecule has 1 aliphatic rings. The smallest absolute Gasteiger partial charge is 0.238 e. The Morgan fingerprint density at radius 1 is 1.00 bits per heavy atom. The van der Waals surface area contributed by atoms with E-state index in [0.29, 0.717) is 17.1 Å². The van der Waals surface area contributed by atoms with E-state index in [4.69, 9.17) is 14.9 Å². The van der Waals surface area contributed by atoms with Gasteiger partial charge in [0.1, 0.15) is 18.1 Å². The van der Waals surface area contributed by atoms with Gasteiger partial charge in [0, 0.05) is 11.1 Å². The number of benzene rings is 3. The van der Waals surface area contributed by atoms with Crippen LogP contribution in [0.1, 0.15) is 35.4 Å². The third kappa shape index (κ3) is 6.37. The molecule has 10 nitrogen and oxygen atoms in total. The maximum atomic E-state index is 11.4. The average molecular weight is 590 g/mol. The number of nitrogens with two attached hydrogens (primary N) is 1. The molecule has 0 saturated carbocycles. The fourth-order valence-corrected chi connectivity index (χ4v) is 5.27. The first-order chi connectivity index (χ1) is 19.4. The second kappa shape index (κ2) is 12.0. The molecule has 0 bridgehead atoms. The highest BCUT2D eigenvalue weighted by Crippen LogP contribution is 2.33. The molecule has 0 atom stereocenters. The number of pyridine rings is 1. The fraction of sp³-hybridized carbons (Fsp3) is 0.172. The summed E-state index contributed by atoms with van der Waals surface area (Å²) in [6.45, 7) is 0.227. The summed E-state index contributed by atoms with van der Waals surface area (Å²) in [6, 6.07) is 21.9. The van der Waals surface area contributed by atoms with E-state index < -0.39 is 10.0 Å². The van der Waals surface area contributed by atoms with Gasteiger partial charge in [0.05, 0.1) is 34.2 Å². The molecule has 210 valence electrons. The van der Waals surface area contributed by atoms with Gasteiger partial charge in [-0.3, -0.25) is 10.4 Å². The van der Waals surface area contributed by atoms with Crippen molar-refractivity contribution in [3.63, 3.8) is 0 Å². The Hall–Kier alpha value is -4.32. The maximum absolute atomic E-state index is 11.4. The van der Waals surface area contributed by atoms with Crippen LogP contribution in [-0.2, 0) is 29.5 Å². The lowest BCUT2D eigenvalue weighted by atomic mass is 9.93. The number of primary sulfonamides is 1. The summed E-state index contributed by atoms with van der Waals surface area (Å²) < 4.78 is 30.3. The molecule has 5 aromatic rings. The van der Waals surface area contributed by atoms with Gasteiger partial charge >= 0.3 is 0 Å². The second-order valence-electron chi connectivity index (χ2n) is 9.56. The SMILES string of the molecule is Cl.NS(=O)(=O)c1ccc(-n2cc(COc3ccc(/C=N/Nc4c5c(nc6ccccc46)CCCC5)cc3)nn2)cc1. The zero-order chi connectivity index (χ0) is 27.5. The van der Waals surface area contributed by atoms with Crippen LogP contribution in [0.5, 0.6) is 5.75 Å². The van der Waals surface area contributed by atoms with Gasteiger partial charge in [-0.15, -0.1) is 17.5 Å². The molecule has 6 rings (SSSR count). The van der Waals surface area contributed by atoms with Crippen LogP contribution in [-0.4, -0.2) is 34.6 Å². The number of hydrogen-bond donors (Lipinski definition) is 2. The summed E-state index contributed by atoms with van der Waals surface area (Å²) in [4.78, 5) is 4.92. The van der Waals surface area contributed by atoms with E-state index >= 15 is 0 Å². The van der Waals surface area contributed by atoms with Gasteiger partial charge < -0.3 is 4.74 Å². The number of aromatic nitrogens is 4. The van der Waals surface area contributed by atoms with Crippen molar-refractivity contribution < 1.29 is 13.2 Å². The van der Waals surface area contributed by atoms with Crippen LogP contribution >= 0.6 is 12.4 Å². The Balaban J connectivity index is 0.00000337. The van der Waals surface area contributed by atoms with Crippen molar-refractivity contribution in [1.82, 2.24) is 20.0 Å². The number of halogens is 1. The van der Waals surface area contributed by atoms with Crippen LogP contribution in [0.15, 0.2) is 89.0 Å². The van der Waals surface area contributed by atoms with Crippen LogP contribution in [0.4, 0.5) is 5.69 Å². The quantitative estimate of drug-likeness (QED) is 0.196. The lowest BCUT2D eigenvalue weighted by molar-refractivity contribution is 0.301. The first kappa shape index (κ1) is 28.2.